The normalized spacial score (nSPS) is 17.9. The van der Waals surface area contributed by atoms with Crippen molar-refractivity contribution < 1.29 is 9.53 Å². The predicted octanol–water partition coefficient (Wildman–Crippen LogP) is 1.89. The highest BCUT2D eigenvalue weighted by Gasteiger charge is 2.18. The maximum atomic E-state index is 11.0. The number of ether oxygens (including phenoxy) is 1. The lowest BCUT2D eigenvalue weighted by Crippen LogP contribution is -2.38. The van der Waals surface area contributed by atoms with Crippen molar-refractivity contribution in [1.82, 2.24) is 5.32 Å². The molecular weight excluding hydrogens is 206 g/mol. The number of hydrogen-bond acceptors (Lipinski definition) is 4. The van der Waals surface area contributed by atoms with Crippen molar-refractivity contribution in [3.8, 4) is 0 Å². The van der Waals surface area contributed by atoms with Gasteiger partial charge in [-0.2, -0.15) is 0 Å². The summed E-state index contributed by atoms with van der Waals surface area (Å²) in [7, 11) is 1.32. The van der Waals surface area contributed by atoms with Crippen LogP contribution in [0.3, 0.4) is 0 Å². The Hall–Kier alpha value is -2.04. The highest BCUT2D eigenvalue weighted by molar-refractivity contribution is 6.03. The van der Waals surface area contributed by atoms with Crippen molar-refractivity contribution in [2.24, 2.45) is 4.99 Å². The second kappa shape index (κ2) is 4.22. The maximum absolute atomic E-state index is 11.0. The quantitative estimate of drug-likeness (QED) is 0.700. The Kier molecular flexibility index (Phi) is 2.76. The molecule has 16 heavy (non-hydrogen) atoms. The van der Waals surface area contributed by atoms with Crippen LogP contribution in [0.5, 0.6) is 0 Å². The minimum Gasteiger partial charge on any atom is -0.453 e. The fourth-order valence-electron chi connectivity index (χ4n) is 1.61. The summed E-state index contributed by atoms with van der Waals surface area (Å²) >= 11 is 0. The number of nitrogens with zero attached hydrogens (tertiary/aromatic N) is 1. The molecule has 1 unspecified atom stereocenters. The Morgan fingerprint density at radius 3 is 3.00 bits per heavy atom. The number of fused-ring (bicyclic) bond motifs is 1. The number of benzene rings is 1. The number of carbonyl (C=O) groups is 1. The Labute approximate surface area is 93.5 Å². The molecule has 2 N–H and O–H groups in total. The summed E-state index contributed by atoms with van der Waals surface area (Å²) in [5.41, 5.74) is 2.06. The van der Waals surface area contributed by atoms with E-state index in [1.165, 1.54) is 7.11 Å². The lowest BCUT2D eigenvalue weighted by atomic mass is 10.1. The number of nitrogens with one attached hydrogen (secondary N) is 2. The number of methoxy groups -OCH3 is 1. The third-order valence-corrected chi connectivity index (χ3v) is 2.39. The molecule has 0 bridgehead atoms. The predicted molar refractivity (Wildman–Crippen MR) is 61.5 cm³/mol. The second-order valence-electron chi connectivity index (χ2n) is 3.48. The maximum Gasteiger partial charge on any atom is 0.413 e. The van der Waals surface area contributed by atoms with Gasteiger partial charge in [0.05, 0.1) is 13.2 Å². The molecule has 1 aromatic rings. The number of guanidine groups is 1. The van der Waals surface area contributed by atoms with Crippen molar-refractivity contribution in [3.05, 3.63) is 29.8 Å². The van der Waals surface area contributed by atoms with Gasteiger partial charge in [0, 0.05) is 5.69 Å². The fourth-order valence-corrected chi connectivity index (χ4v) is 1.61. The molecule has 1 heterocycles. The van der Waals surface area contributed by atoms with E-state index in [2.05, 4.69) is 20.4 Å². The number of rotatable bonds is 0. The number of amides is 1. The Morgan fingerprint density at radius 2 is 2.25 bits per heavy atom. The molecule has 0 spiro atoms. The first kappa shape index (κ1) is 10.5. The SMILES string of the molecule is COC(=O)NC1=NC(C)c2ccccc2N1. The molecule has 0 aromatic heterocycles. The molecule has 0 saturated heterocycles. The van der Waals surface area contributed by atoms with Crippen molar-refractivity contribution in [3.63, 3.8) is 0 Å². The van der Waals surface area contributed by atoms with Crippen LogP contribution in [0.2, 0.25) is 0 Å². The third kappa shape index (κ3) is 1.98. The van der Waals surface area contributed by atoms with Crippen molar-refractivity contribution >= 4 is 17.7 Å². The van der Waals surface area contributed by atoms with Crippen LogP contribution in [0.15, 0.2) is 29.3 Å². The molecule has 5 heteroatoms. The Bertz CT molecular complexity index is 443. The molecule has 84 valence electrons. The zero-order valence-electron chi connectivity index (χ0n) is 9.15. The van der Waals surface area contributed by atoms with Gasteiger partial charge in [-0.3, -0.25) is 5.32 Å². The van der Waals surface area contributed by atoms with E-state index in [-0.39, 0.29) is 6.04 Å². The first-order chi connectivity index (χ1) is 7.70. The summed E-state index contributed by atoms with van der Waals surface area (Å²) in [5.74, 6) is 0.415. The summed E-state index contributed by atoms with van der Waals surface area (Å²) in [4.78, 5) is 15.3. The van der Waals surface area contributed by atoms with Crippen LogP contribution in [0.1, 0.15) is 18.5 Å². The summed E-state index contributed by atoms with van der Waals surface area (Å²) in [6.45, 7) is 1.97. The summed E-state index contributed by atoms with van der Waals surface area (Å²) in [5, 5.41) is 5.55. The number of alkyl carbamates (subject to hydrolysis) is 1. The van der Waals surface area contributed by atoms with Gasteiger partial charge in [0.2, 0.25) is 5.96 Å². The second-order valence-corrected chi connectivity index (χ2v) is 3.48. The number of anilines is 1. The van der Waals surface area contributed by atoms with Crippen molar-refractivity contribution in [2.75, 3.05) is 12.4 Å². The molecule has 1 aromatic carbocycles. The van der Waals surface area contributed by atoms with E-state index in [0.717, 1.165) is 11.3 Å². The average molecular weight is 219 g/mol. The standard InChI is InChI=1S/C11H13N3O2/c1-7-8-5-3-4-6-9(8)13-10(12-7)14-11(15)16-2/h3-7H,1-2H3,(H2,12,13,14,15). The summed E-state index contributed by atoms with van der Waals surface area (Å²) < 4.78 is 4.51. The monoisotopic (exact) mass is 219 g/mol. The molecule has 5 nitrogen and oxygen atoms in total. The number of hydrogen-bond donors (Lipinski definition) is 2. The van der Waals surface area contributed by atoms with Gasteiger partial charge < -0.3 is 10.1 Å². The molecule has 1 amide bonds. The topological polar surface area (TPSA) is 62.7 Å². The molecule has 1 atom stereocenters. The van der Waals surface area contributed by atoms with Crippen LogP contribution < -0.4 is 10.6 Å². The molecule has 1 aliphatic heterocycles. The fraction of sp³-hybridized carbons (Fsp3) is 0.273. The average Bonchev–Trinajstić information content (AvgIpc) is 2.29. The van der Waals surface area contributed by atoms with Crippen molar-refractivity contribution in [2.45, 2.75) is 13.0 Å². The van der Waals surface area contributed by atoms with Gasteiger partial charge in [0.25, 0.3) is 0 Å². The van der Waals surface area contributed by atoms with Gasteiger partial charge in [0.15, 0.2) is 0 Å². The van der Waals surface area contributed by atoms with E-state index in [0.29, 0.717) is 5.96 Å². The zero-order valence-corrected chi connectivity index (χ0v) is 9.15. The van der Waals surface area contributed by atoms with Crippen LogP contribution in [0.25, 0.3) is 0 Å². The molecule has 0 aliphatic carbocycles. The molecular formula is C11H13N3O2. The summed E-state index contributed by atoms with van der Waals surface area (Å²) in [6.07, 6.45) is -0.530. The van der Waals surface area contributed by atoms with E-state index < -0.39 is 6.09 Å². The minimum atomic E-state index is -0.530. The Morgan fingerprint density at radius 1 is 1.50 bits per heavy atom. The van der Waals surface area contributed by atoms with E-state index in [9.17, 15) is 4.79 Å². The number of aliphatic imine (C=N–C) groups is 1. The highest BCUT2D eigenvalue weighted by atomic mass is 16.5. The van der Waals surface area contributed by atoms with Crippen LogP contribution in [-0.4, -0.2) is 19.2 Å². The van der Waals surface area contributed by atoms with E-state index in [1.54, 1.807) is 0 Å². The molecule has 0 fully saturated rings. The van der Waals surface area contributed by atoms with Gasteiger partial charge in [-0.05, 0) is 18.6 Å². The van der Waals surface area contributed by atoms with Crippen LogP contribution in [0.4, 0.5) is 10.5 Å². The highest BCUT2D eigenvalue weighted by Crippen LogP contribution is 2.28. The molecule has 0 saturated carbocycles. The van der Waals surface area contributed by atoms with Gasteiger partial charge in [-0.15, -0.1) is 0 Å². The number of para-hydroxylation sites is 1. The Balaban J connectivity index is 2.20. The van der Waals surface area contributed by atoms with Gasteiger partial charge >= 0.3 is 6.09 Å². The lowest BCUT2D eigenvalue weighted by Gasteiger charge is -2.22. The zero-order chi connectivity index (χ0) is 11.5. The summed E-state index contributed by atoms with van der Waals surface area (Å²) in [6, 6.07) is 7.86. The van der Waals surface area contributed by atoms with E-state index >= 15 is 0 Å². The molecule has 2 rings (SSSR count). The van der Waals surface area contributed by atoms with Crippen LogP contribution in [-0.2, 0) is 4.74 Å². The van der Waals surface area contributed by atoms with Gasteiger partial charge in [-0.1, -0.05) is 18.2 Å². The van der Waals surface area contributed by atoms with Gasteiger partial charge in [-0.25, -0.2) is 9.79 Å². The molecule has 1 aliphatic rings. The third-order valence-electron chi connectivity index (χ3n) is 2.39. The first-order valence-electron chi connectivity index (χ1n) is 4.99. The smallest absolute Gasteiger partial charge is 0.413 e. The minimum absolute atomic E-state index is 0.0182. The first-order valence-corrected chi connectivity index (χ1v) is 4.99. The van der Waals surface area contributed by atoms with Crippen LogP contribution in [0, 0.1) is 0 Å². The van der Waals surface area contributed by atoms with Crippen LogP contribution >= 0.6 is 0 Å². The largest absolute Gasteiger partial charge is 0.453 e. The van der Waals surface area contributed by atoms with E-state index in [1.807, 2.05) is 31.2 Å². The number of carbonyl (C=O) groups excluding carboxylic acids is 1. The van der Waals surface area contributed by atoms with Gasteiger partial charge in [0.1, 0.15) is 0 Å². The molecule has 0 radical (unpaired) electrons. The lowest BCUT2D eigenvalue weighted by molar-refractivity contribution is 0.176. The van der Waals surface area contributed by atoms with E-state index in [4.69, 9.17) is 0 Å². The van der Waals surface area contributed by atoms with Crippen molar-refractivity contribution in [1.29, 1.82) is 0 Å².